The molecule has 0 aliphatic carbocycles. The first-order valence-corrected chi connectivity index (χ1v) is 10.8. The van der Waals surface area contributed by atoms with Crippen LogP contribution in [0, 0.1) is 17.2 Å². The van der Waals surface area contributed by atoms with E-state index in [1.807, 2.05) is 42.7 Å². The van der Waals surface area contributed by atoms with Crippen LogP contribution < -0.4 is 5.32 Å². The first kappa shape index (κ1) is 21.9. The van der Waals surface area contributed by atoms with Crippen molar-refractivity contribution >= 4 is 29.3 Å². The summed E-state index contributed by atoms with van der Waals surface area (Å²) >= 11 is 7.26. The summed E-state index contributed by atoms with van der Waals surface area (Å²) in [6, 6.07) is 13.2. The van der Waals surface area contributed by atoms with E-state index in [9.17, 15) is 10.1 Å². The van der Waals surface area contributed by atoms with Crippen molar-refractivity contribution in [3.05, 3.63) is 53.4 Å². The van der Waals surface area contributed by atoms with E-state index in [1.165, 1.54) is 11.8 Å². The van der Waals surface area contributed by atoms with Crippen LogP contribution in [0.2, 0.25) is 5.02 Å². The van der Waals surface area contributed by atoms with Crippen molar-refractivity contribution in [3.63, 3.8) is 0 Å². The summed E-state index contributed by atoms with van der Waals surface area (Å²) in [6.07, 6.45) is 1.61. The second kappa shape index (κ2) is 9.37. The molecule has 0 saturated heterocycles. The van der Waals surface area contributed by atoms with Crippen molar-refractivity contribution in [3.8, 4) is 17.5 Å². The number of hydrogen-bond donors (Lipinski definition) is 1. The molecule has 3 aromatic rings. The molecule has 0 radical (unpaired) electrons. The Morgan fingerprint density at radius 3 is 2.67 bits per heavy atom. The summed E-state index contributed by atoms with van der Waals surface area (Å²) < 4.78 is 7.38. The van der Waals surface area contributed by atoms with Gasteiger partial charge < -0.3 is 9.73 Å². The maximum Gasteiger partial charge on any atom is 0.231 e. The van der Waals surface area contributed by atoms with E-state index >= 15 is 0 Å². The number of furan rings is 1. The minimum Gasteiger partial charge on any atom is -0.467 e. The number of amides is 1. The van der Waals surface area contributed by atoms with Gasteiger partial charge in [-0.1, -0.05) is 37.2 Å². The Labute approximate surface area is 184 Å². The summed E-state index contributed by atoms with van der Waals surface area (Å²) in [7, 11) is 0. The normalized spacial score (nSPS) is 13.1. The first-order chi connectivity index (χ1) is 14.3. The molecular formula is C21H22ClN5O2S. The van der Waals surface area contributed by atoms with Crippen LogP contribution >= 0.6 is 23.4 Å². The molecule has 0 saturated carbocycles. The Balaban J connectivity index is 1.81. The van der Waals surface area contributed by atoms with Gasteiger partial charge in [-0.15, -0.1) is 10.2 Å². The molecule has 1 aromatic carbocycles. The zero-order valence-electron chi connectivity index (χ0n) is 16.9. The van der Waals surface area contributed by atoms with Crippen LogP contribution in [0.4, 0.5) is 0 Å². The minimum absolute atomic E-state index is 0.0180. The molecule has 1 amide bonds. The maximum atomic E-state index is 12.5. The number of aromatic nitrogens is 3. The lowest BCUT2D eigenvalue weighted by Crippen LogP contribution is -2.49. The van der Waals surface area contributed by atoms with Gasteiger partial charge in [-0.2, -0.15) is 5.26 Å². The van der Waals surface area contributed by atoms with Crippen LogP contribution in [0.25, 0.3) is 11.4 Å². The molecule has 0 aliphatic rings. The fraction of sp³-hybridized carbons (Fsp3) is 0.333. The molecule has 9 heteroatoms. The number of nitriles is 1. The molecule has 156 valence electrons. The molecule has 1 atom stereocenters. The van der Waals surface area contributed by atoms with Gasteiger partial charge in [0.15, 0.2) is 11.0 Å². The zero-order valence-corrected chi connectivity index (χ0v) is 18.5. The van der Waals surface area contributed by atoms with Crippen LogP contribution in [0.3, 0.4) is 0 Å². The average molecular weight is 444 g/mol. The molecule has 0 aliphatic heterocycles. The average Bonchev–Trinajstić information content (AvgIpc) is 3.37. The van der Waals surface area contributed by atoms with E-state index in [0.29, 0.717) is 22.5 Å². The largest absolute Gasteiger partial charge is 0.467 e. The van der Waals surface area contributed by atoms with E-state index < -0.39 is 5.54 Å². The Hall–Kier alpha value is -2.76. The predicted octanol–water partition coefficient (Wildman–Crippen LogP) is 4.39. The van der Waals surface area contributed by atoms with Gasteiger partial charge in [0.25, 0.3) is 0 Å². The Bertz CT molecular complexity index is 1040. The summed E-state index contributed by atoms with van der Waals surface area (Å²) in [4.78, 5) is 12.5. The third kappa shape index (κ3) is 5.04. The summed E-state index contributed by atoms with van der Waals surface area (Å²) in [6.45, 7) is 5.94. The summed E-state index contributed by atoms with van der Waals surface area (Å²) in [5.74, 6) is 1.25. The van der Waals surface area contributed by atoms with Gasteiger partial charge in [0.2, 0.25) is 5.91 Å². The smallest absolute Gasteiger partial charge is 0.231 e. The van der Waals surface area contributed by atoms with Crippen molar-refractivity contribution in [2.45, 2.75) is 38.0 Å². The molecule has 2 aromatic heterocycles. The lowest BCUT2D eigenvalue weighted by Gasteiger charge is -2.27. The molecule has 0 fully saturated rings. The van der Waals surface area contributed by atoms with Crippen LogP contribution in [-0.2, 0) is 11.3 Å². The number of carbonyl (C=O) groups is 1. The monoisotopic (exact) mass is 443 g/mol. The summed E-state index contributed by atoms with van der Waals surface area (Å²) in [5, 5.41) is 22.0. The van der Waals surface area contributed by atoms with Crippen molar-refractivity contribution in [2.75, 3.05) is 5.75 Å². The highest BCUT2D eigenvalue weighted by molar-refractivity contribution is 7.99. The fourth-order valence-electron chi connectivity index (χ4n) is 2.67. The van der Waals surface area contributed by atoms with Crippen LogP contribution in [0.15, 0.2) is 52.2 Å². The number of carbonyl (C=O) groups excluding carboxylic acids is 1. The van der Waals surface area contributed by atoms with Crippen molar-refractivity contribution < 1.29 is 9.21 Å². The third-order valence-corrected chi connectivity index (χ3v) is 6.05. The lowest BCUT2D eigenvalue weighted by molar-refractivity contribution is -0.120. The van der Waals surface area contributed by atoms with E-state index in [0.717, 1.165) is 11.3 Å². The minimum atomic E-state index is -0.923. The number of hydrogen-bond acceptors (Lipinski definition) is 6. The Morgan fingerprint density at radius 1 is 1.33 bits per heavy atom. The molecular weight excluding hydrogens is 422 g/mol. The van der Waals surface area contributed by atoms with E-state index in [-0.39, 0.29) is 17.6 Å². The highest BCUT2D eigenvalue weighted by Crippen LogP contribution is 2.26. The van der Waals surface area contributed by atoms with E-state index in [4.69, 9.17) is 16.0 Å². The SMILES string of the molecule is CC(C)[C@@](C)(C#N)NC(=O)CSc1nnc(-c2ccc(Cl)cc2)n1Cc1ccco1. The van der Waals surface area contributed by atoms with Gasteiger partial charge >= 0.3 is 0 Å². The molecule has 2 heterocycles. The van der Waals surface area contributed by atoms with Gasteiger partial charge in [-0.05, 0) is 49.2 Å². The van der Waals surface area contributed by atoms with Crippen molar-refractivity contribution in [1.82, 2.24) is 20.1 Å². The maximum absolute atomic E-state index is 12.5. The number of rotatable bonds is 8. The lowest BCUT2D eigenvalue weighted by atomic mass is 9.90. The molecule has 1 N–H and O–H groups in total. The van der Waals surface area contributed by atoms with Gasteiger partial charge in [-0.25, -0.2) is 0 Å². The number of benzene rings is 1. The summed E-state index contributed by atoms with van der Waals surface area (Å²) in [5.41, 5.74) is -0.0693. The fourth-order valence-corrected chi connectivity index (χ4v) is 3.53. The van der Waals surface area contributed by atoms with Gasteiger partial charge in [-0.3, -0.25) is 9.36 Å². The number of nitrogens with one attached hydrogen (secondary N) is 1. The Kier molecular flexibility index (Phi) is 6.85. The number of nitrogens with zero attached hydrogens (tertiary/aromatic N) is 4. The van der Waals surface area contributed by atoms with Crippen molar-refractivity contribution in [2.24, 2.45) is 5.92 Å². The topological polar surface area (TPSA) is 96.7 Å². The van der Waals surface area contributed by atoms with Gasteiger partial charge in [0.1, 0.15) is 11.3 Å². The Morgan fingerprint density at radius 2 is 2.07 bits per heavy atom. The van der Waals surface area contributed by atoms with Crippen LogP contribution in [-0.4, -0.2) is 32.0 Å². The van der Waals surface area contributed by atoms with E-state index in [2.05, 4.69) is 21.6 Å². The van der Waals surface area contributed by atoms with Gasteiger partial charge in [0.05, 0.1) is 24.6 Å². The molecule has 3 rings (SSSR count). The highest BCUT2D eigenvalue weighted by Gasteiger charge is 2.30. The number of halogens is 1. The first-order valence-electron chi connectivity index (χ1n) is 9.39. The number of thioether (sulfide) groups is 1. The van der Waals surface area contributed by atoms with Gasteiger partial charge in [0, 0.05) is 10.6 Å². The third-order valence-electron chi connectivity index (χ3n) is 4.83. The molecule has 7 nitrogen and oxygen atoms in total. The standard InChI is InChI=1S/C21H22ClN5O2S/c1-14(2)21(3,13-23)24-18(28)12-30-20-26-25-19(15-6-8-16(22)9-7-15)27(20)11-17-5-4-10-29-17/h4-10,14H,11-12H2,1-3H3,(H,24,28)/t21-/m1/s1. The molecule has 0 bridgehead atoms. The second-order valence-corrected chi connectivity index (χ2v) is 8.66. The van der Waals surface area contributed by atoms with Crippen LogP contribution in [0.5, 0.6) is 0 Å². The molecule has 0 unspecified atom stereocenters. The molecule has 30 heavy (non-hydrogen) atoms. The van der Waals surface area contributed by atoms with Crippen LogP contribution in [0.1, 0.15) is 26.5 Å². The quantitative estimate of drug-likeness (QED) is 0.518. The predicted molar refractivity (Wildman–Crippen MR) is 116 cm³/mol. The zero-order chi connectivity index (χ0) is 21.7. The van der Waals surface area contributed by atoms with Crippen molar-refractivity contribution in [1.29, 1.82) is 5.26 Å². The van der Waals surface area contributed by atoms with E-state index in [1.54, 1.807) is 25.3 Å². The highest BCUT2D eigenvalue weighted by atomic mass is 35.5. The second-order valence-electron chi connectivity index (χ2n) is 7.28. The molecule has 0 spiro atoms.